The minimum Gasteiger partial charge on any atom is -0.398 e. The van der Waals surface area contributed by atoms with Crippen LogP contribution in [0.15, 0.2) is 18.2 Å². The van der Waals surface area contributed by atoms with Crippen LogP contribution in [0.3, 0.4) is 0 Å². The van der Waals surface area contributed by atoms with Gasteiger partial charge in [0.15, 0.2) is 0 Å². The number of nitrogen functional groups attached to an aromatic ring is 1. The smallest absolute Gasteiger partial charge is 0.132 e. The van der Waals surface area contributed by atoms with Crippen molar-refractivity contribution in [2.24, 2.45) is 0 Å². The monoisotopic (exact) mass is 195 g/mol. The molecule has 0 fully saturated rings. The zero-order valence-electron chi connectivity index (χ0n) is 8.13. The molecule has 14 heavy (non-hydrogen) atoms. The maximum absolute atomic E-state index is 13.3. The van der Waals surface area contributed by atoms with Crippen LogP contribution < -0.4 is 5.73 Å². The average molecular weight is 195 g/mol. The summed E-state index contributed by atoms with van der Waals surface area (Å²) >= 11 is 0. The van der Waals surface area contributed by atoms with Crippen LogP contribution in [0, 0.1) is 12.7 Å². The van der Waals surface area contributed by atoms with Crippen molar-refractivity contribution in [3.05, 3.63) is 35.2 Å². The van der Waals surface area contributed by atoms with Gasteiger partial charge in [-0.05, 0) is 31.0 Å². The molecule has 0 amide bonds. The topological polar surface area (TPSA) is 46.2 Å². The second-order valence-electron chi connectivity index (χ2n) is 3.14. The van der Waals surface area contributed by atoms with E-state index in [-0.39, 0.29) is 12.4 Å². The third kappa shape index (κ3) is 2.57. The predicted octanol–water partition coefficient (Wildman–Crippen LogP) is 2.11. The Bertz CT molecular complexity index is 347. The minimum atomic E-state index is -0.331. The average Bonchev–Trinajstić information content (AvgIpc) is 2.14. The number of aryl methyl sites for hydroxylation is 1. The Balaban J connectivity index is 2.92. The second-order valence-corrected chi connectivity index (χ2v) is 3.14. The molecular formula is C11H14FNO. The molecule has 1 aromatic rings. The molecule has 0 aliphatic rings. The van der Waals surface area contributed by atoms with Crippen molar-refractivity contribution in [1.82, 2.24) is 0 Å². The predicted molar refractivity (Wildman–Crippen MR) is 56.3 cm³/mol. The van der Waals surface area contributed by atoms with Gasteiger partial charge in [-0.15, -0.1) is 0 Å². The Hall–Kier alpha value is -1.35. The van der Waals surface area contributed by atoms with Gasteiger partial charge in [-0.25, -0.2) is 4.39 Å². The molecule has 3 heteroatoms. The molecule has 0 saturated heterocycles. The standard InChI is InChI=1S/C11H14FNO/c1-8-6-9(4-2-3-5-14)10(12)7-11(8)13/h2,4,6-7,14H,3,5,13H2,1H3. The molecule has 1 rings (SSSR count). The summed E-state index contributed by atoms with van der Waals surface area (Å²) < 4.78 is 13.3. The van der Waals surface area contributed by atoms with Crippen molar-refractivity contribution in [3.63, 3.8) is 0 Å². The van der Waals surface area contributed by atoms with E-state index in [1.54, 1.807) is 18.2 Å². The lowest BCUT2D eigenvalue weighted by Crippen LogP contribution is -1.93. The molecule has 0 unspecified atom stereocenters. The highest BCUT2D eigenvalue weighted by atomic mass is 19.1. The van der Waals surface area contributed by atoms with Gasteiger partial charge in [-0.3, -0.25) is 0 Å². The third-order valence-corrected chi connectivity index (χ3v) is 1.98. The molecule has 0 aliphatic carbocycles. The first-order valence-corrected chi connectivity index (χ1v) is 4.48. The van der Waals surface area contributed by atoms with Crippen molar-refractivity contribution < 1.29 is 9.50 Å². The van der Waals surface area contributed by atoms with Gasteiger partial charge < -0.3 is 10.8 Å². The number of aliphatic hydroxyl groups is 1. The molecule has 0 atom stereocenters. The molecule has 76 valence electrons. The SMILES string of the molecule is Cc1cc(C=CCCO)c(F)cc1N. The third-order valence-electron chi connectivity index (χ3n) is 1.98. The Kier molecular flexibility index (Phi) is 3.65. The van der Waals surface area contributed by atoms with Crippen molar-refractivity contribution in [2.45, 2.75) is 13.3 Å². The van der Waals surface area contributed by atoms with Gasteiger partial charge in [0.25, 0.3) is 0 Å². The number of benzene rings is 1. The fourth-order valence-electron chi connectivity index (χ4n) is 1.13. The van der Waals surface area contributed by atoms with Crippen LogP contribution in [-0.2, 0) is 0 Å². The summed E-state index contributed by atoms with van der Waals surface area (Å²) in [4.78, 5) is 0. The minimum absolute atomic E-state index is 0.0755. The first-order valence-electron chi connectivity index (χ1n) is 4.48. The number of halogens is 1. The zero-order chi connectivity index (χ0) is 10.6. The van der Waals surface area contributed by atoms with Gasteiger partial charge in [-0.1, -0.05) is 12.2 Å². The van der Waals surface area contributed by atoms with E-state index in [0.717, 1.165) is 5.56 Å². The normalized spacial score (nSPS) is 11.1. The van der Waals surface area contributed by atoms with Gasteiger partial charge in [0.2, 0.25) is 0 Å². The molecule has 0 bridgehead atoms. The van der Waals surface area contributed by atoms with E-state index < -0.39 is 0 Å². The summed E-state index contributed by atoms with van der Waals surface area (Å²) in [6.07, 6.45) is 3.91. The summed E-state index contributed by atoms with van der Waals surface area (Å²) in [6, 6.07) is 3.01. The Labute approximate surface area is 82.9 Å². The molecule has 3 N–H and O–H groups in total. The molecule has 0 radical (unpaired) electrons. The van der Waals surface area contributed by atoms with Crippen molar-refractivity contribution in [2.75, 3.05) is 12.3 Å². The van der Waals surface area contributed by atoms with Crippen LogP contribution in [-0.4, -0.2) is 11.7 Å². The molecule has 0 spiro atoms. The van der Waals surface area contributed by atoms with Gasteiger partial charge in [0.05, 0.1) is 0 Å². The van der Waals surface area contributed by atoms with Gasteiger partial charge >= 0.3 is 0 Å². The number of rotatable bonds is 3. The van der Waals surface area contributed by atoms with Crippen LogP contribution in [0.25, 0.3) is 6.08 Å². The lowest BCUT2D eigenvalue weighted by atomic mass is 10.1. The Morgan fingerprint density at radius 2 is 2.21 bits per heavy atom. The summed E-state index contributed by atoms with van der Waals surface area (Å²) in [7, 11) is 0. The fourth-order valence-corrected chi connectivity index (χ4v) is 1.13. The summed E-state index contributed by atoms with van der Waals surface area (Å²) in [5.41, 5.74) is 7.36. The highest BCUT2D eigenvalue weighted by molar-refractivity contribution is 5.58. The first kappa shape index (κ1) is 10.7. The zero-order valence-corrected chi connectivity index (χ0v) is 8.13. The largest absolute Gasteiger partial charge is 0.398 e. The van der Waals surface area contributed by atoms with E-state index in [0.29, 0.717) is 17.7 Å². The van der Waals surface area contributed by atoms with Crippen molar-refractivity contribution in [3.8, 4) is 0 Å². The van der Waals surface area contributed by atoms with E-state index in [1.165, 1.54) is 6.07 Å². The van der Waals surface area contributed by atoms with Crippen LogP contribution in [0.1, 0.15) is 17.5 Å². The molecule has 0 aliphatic heterocycles. The highest BCUT2D eigenvalue weighted by Crippen LogP contribution is 2.18. The number of nitrogens with two attached hydrogens (primary N) is 1. The molecule has 2 nitrogen and oxygen atoms in total. The van der Waals surface area contributed by atoms with Crippen LogP contribution in [0.5, 0.6) is 0 Å². The van der Waals surface area contributed by atoms with Crippen molar-refractivity contribution in [1.29, 1.82) is 0 Å². The number of anilines is 1. The molecule has 0 saturated carbocycles. The maximum Gasteiger partial charge on any atom is 0.132 e. The molecule has 0 aromatic heterocycles. The number of hydrogen-bond donors (Lipinski definition) is 2. The summed E-state index contributed by atoms with van der Waals surface area (Å²) in [6.45, 7) is 1.91. The van der Waals surface area contributed by atoms with E-state index in [2.05, 4.69) is 0 Å². The van der Waals surface area contributed by atoms with Crippen LogP contribution >= 0.6 is 0 Å². The van der Waals surface area contributed by atoms with Gasteiger partial charge in [-0.2, -0.15) is 0 Å². The van der Waals surface area contributed by atoms with Crippen LogP contribution in [0.2, 0.25) is 0 Å². The second kappa shape index (κ2) is 4.77. The summed E-state index contributed by atoms with van der Waals surface area (Å²) in [5.74, 6) is -0.331. The lowest BCUT2D eigenvalue weighted by Gasteiger charge is -2.02. The lowest BCUT2D eigenvalue weighted by molar-refractivity contribution is 0.303. The molecule has 1 aromatic carbocycles. The Morgan fingerprint density at radius 3 is 2.86 bits per heavy atom. The maximum atomic E-state index is 13.3. The van der Waals surface area contributed by atoms with E-state index in [1.807, 2.05) is 6.92 Å². The number of hydrogen-bond acceptors (Lipinski definition) is 2. The fraction of sp³-hybridized carbons (Fsp3) is 0.273. The van der Waals surface area contributed by atoms with E-state index in [9.17, 15) is 4.39 Å². The van der Waals surface area contributed by atoms with E-state index in [4.69, 9.17) is 10.8 Å². The number of aliphatic hydroxyl groups excluding tert-OH is 1. The highest BCUT2D eigenvalue weighted by Gasteiger charge is 2.01. The molecular weight excluding hydrogens is 181 g/mol. The van der Waals surface area contributed by atoms with E-state index >= 15 is 0 Å². The van der Waals surface area contributed by atoms with Crippen molar-refractivity contribution >= 4 is 11.8 Å². The quantitative estimate of drug-likeness (QED) is 0.725. The van der Waals surface area contributed by atoms with Gasteiger partial charge in [0, 0.05) is 17.9 Å². The molecule has 0 heterocycles. The summed E-state index contributed by atoms with van der Waals surface area (Å²) in [5, 5.41) is 8.55. The van der Waals surface area contributed by atoms with Crippen LogP contribution in [0.4, 0.5) is 10.1 Å². The Morgan fingerprint density at radius 1 is 1.50 bits per heavy atom. The van der Waals surface area contributed by atoms with Gasteiger partial charge in [0.1, 0.15) is 5.82 Å². The first-order chi connectivity index (χ1) is 6.65.